The van der Waals surface area contributed by atoms with E-state index in [9.17, 15) is 9.59 Å². The lowest BCUT2D eigenvalue weighted by Gasteiger charge is -2.24. The molecule has 1 aliphatic rings. The highest BCUT2D eigenvalue weighted by Crippen LogP contribution is 2.31. The first-order valence-electron chi connectivity index (χ1n) is 10.7. The van der Waals surface area contributed by atoms with Crippen LogP contribution in [-0.2, 0) is 4.79 Å². The maximum atomic E-state index is 13.2. The Morgan fingerprint density at radius 3 is 2.18 bits per heavy atom. The number of nitrogens with zero attached hydrogens (tertiary/aromatic N) is 2. The van der Waals surface area contributed by atoms with E-state index in [1.54, 1.807) is 37.6 Å². The molecule has 0 aliphatic carbocycles. The van der Waals surface area contributed by atoms with Gasteiger partial charge in [-0.3, -0.25) is 9.59 Å². The number of carbonyl (C=O) groups excluding carboxylic acids is 2. The fraction of sp³-hybridized carbons (Fsp3) is 0.292. The molecule has 1 aromatic heterocycles. The Hall–Kier alpha value is -3.36. The van der Waals surface area contributed by atoms with Crippen molar-refractivity contribution in [2.75, 3.05) is 30.8 Å². The third kappa shape index (κ3) is 5.71. The number of halogens is 1. The van der Waals surface area contributed by atoms with Crippen LogP contribution in [0.1, 0.15) is 41.7 Å². The third-order valence-electron chi connectivity index (χ3n) is 5.56. The molecule has 174 valence electrons. The lowest BCUT2D eigenvalue weighted by atomic mass is 9.91. The van der Waals surface area contributed by atoms with Gasteiger partial charge in [-0.25, -0.2) is 4.68 Å². The zero-order valence-corrected chi connectivity index (χ0v) is 19.4. The van der Waals surface area contributed by atoms with Crippen molar-refractivity contribution in [2.45, 2.75) is 25.7 Å². The van der Waals surface area contributed by atoms with Crippen LogP contribution in [0.25, 0.3) is 5.69 Å². The first-order valence-corrected chi connectivity index (χ1v) is 10.7. The summed E-state index contributed by atoms with van der Waals surface area (Å²) in [5.74, 6) is 0.652. The average Bonchev–Trinajstić information content (AvgIpc) is 3.26. The van der Waals surface area contributed by atoms with Crippen molar-refractivity contribution in [2.24, 2.45) is 0 Å². The van der Waals surface area contributed by atoms with Gasteiger partial charge in [0, 0.05) is 24.2 Å². The molecule has 4 rings (SSSR count). The molecule has 0 radical (unpaired) electrons. The molecule has 2 amide bonds. The van der Waals surface area contributed by atoms with Gasteiger partial charge in [0.25, 0.3) is 5.91 Å². The number of benzene rings is 2. The van der Waals surface area contributed by atoms with Crippen LogP contribution in [0.4, 0.5) is 11.4 Å². The van der Waals surface area contributed by atoms with Crippen molar-refractivity contribution in [3.05, 3.63) is 66.0 Å². The van der Waals surface area contributed by atoms with Gasteiger partial charge in [0.15, 0.2) is 0 Å². The second kappa shape index (κ2) is 11.0. The minimum atomic E-state index is -0.203. The molecule has 0 saturated carbocycles. The SMILES string of the molecule is COc1ccc(-n2ncc(C(=O)Nc3ccc(NC(C)=O)cc3)c2C2CCNCC2)cc1.Cl. The van der Waals surface area contributed by atoms with Crippen LogP contribution >= 0.6 is 12.4 Å². The number of nitrogens with one attached hydrogen (secondary N) is 3. The van der Waals surface area contributed by atoms with Crippen LogP contribution in [0.15, 0.2) is 54.7 Å². The van der Waals surface area contributed by atoms with Gasteiger partial charge < -0.3 is 20.7 Å². The van der Waals surface area contributed by atoms with Crippen LogP contribution in [0.3, 0.4) is 0 Å². The molecule has 3 N–H and O–H groups in total. The molecular weight excluding hydrogens is 442 g/mol. The number of hydrogen-bond acceptors (Lipinski definition) is 5. The number of methoxy groups -OCH3 is 1. The van der Waals surface area contributed by atoms with E-state index in [0.29, 0.717) is 16.9 Å². The first-order chi connectivity index (χ1) is 15.5. The van der Waals surface area contributed by atoms with Crippen molar-refractivity contribution in [1.82, 2.24) is 15.1 Å². The van der Waals surface area contributed by atoms with Crippen molar-refractivity contribution in [3.8, 4) is 11.4 Å². The number of amides is 2. The second-order valence-corrected chi connectivity index (χ2v) is 7.79. The molecule has 1 saturated heterocycles. The van der Waals surface area contributed by atoms with E-state index < -0.39 is 0 Å². The molecule has 0 bridgehead atoms. The quantitative estimate of drug-likeness (QED) is 0.507. The number of anilines is 2. The number of piperidine rings is 1. The maximum Gasteiger partial charge on any atom is 0.259 e. The van der Waals surface area contributed by atoms with Crippen LogP contribution in [0.2, 0.25) is 0 Å². The highest BCUT2D eigenvalue weighted by Gasteiger charge is 2.27. The standard InChI is InChI=1S/C24H27N5O3.ClH/c1-16(30)27-18-3-5-19(6-4-18)28-24(31)22-15-26-29(20-7-9-21(32-2)10-8-20)23(22)17-11-13-25-14-12-17;/h3-10,15,17,25H,11-14H2,1-2H3,(H,27,30)(H,28,31);1H. The maximum absolute atomic E-state index is 13.2. The van der Waals surface area contributed by atoms with E-state index in [1.165, 1.54) is 6.92 Å². The molecule has 3 aromatic rings. The molecule has 0 spiro atoms. The van der Waals surface area contributed by atoms with Gasteiger partial charge in [0.2, 0.25) is 5.91 Å². The Labute approximate surface area is 199 Å². The van der Waals surface area contributed by atoms with Gasteiger partial charge in [0.05, 0.1) is 30.3 Å². The molecular formula is C24H28ClN5O3. The summed E-state index contributed by atoms with van der Waals surface area (Å²) in [6.07, 6.45) is 3.52. The predicted molar refractivity (Wildman–Crippen MR) is 131 cm³/mol. The highest BCUT2D eigenvalue weighted by molar-refractivity contribution is 6.05. The normalized spacial score (nSPS) is 13.6. The smallest absolute Gasteiger partial charge is 0.259 e. The summed E-state index contributed by atoms with van der Waals surface area (Å²) >= 11 is 0. The molecule has 1 aliphatic heterocycles. The molecule has 0 atom stereocenters. The summed E-state index contributed by atoms with van der Waals surface area (Å²) in [5.41, 5.74) is 3.71. The van der Waals surface area contributed by atoms with Gasteiger partial charge in [0.1, 0.15) is 5.75 Å². The number of carbonyl (C=O) groups is 2. The number of rotatable bonds is 6. The number of hydrogen-bond donors (Lipinski definition) is 3. The lowest BCUT2D eigenvalue weighted by Crippen LogP contribution is -2.29. The summed E-state index contributed by atoms with van der Waals surface area (Å²) in [6, 6.07) is 14.7. The summed E-state index contributed by atoms with van der Waals surface area (Å²) in [7, 11) is 1.63. The molecule has 33 heavy (non-hydrogen) atoms. The monoisotopic (exact) mass is 469 g/mol. The number of ether oxygens (including phenoxy) is 1. The van der Waals surface area contributed by atoms with E-state index in [2.05, 4.69) is 21.0 Å². The van der Waals surface area contributed by atoms with Gasteiger partial charge in [-0.2, -0.15) is 5.10 Å². The fourth-order valence-corrected chi connectivity index (χ4v) is 3.99. The lowest BCUT2D eigenvalue weighted by molar-refractivity contribution is -0.114. The Morgan fingerprint density at radius 2 is 1.61 bits per heavy atom. The summed E-state index contributed by atoms with van der Waals surface area (Å²) in [6.45, 7) is 3.27. The zero-order chi connectivity index (χ0) is 22.5. The highest BCUT2D eigenvalue weighted by atomic mass is 35.5. The van der Waals surface area contributed by atoms with E-state index in [-0.39, 0.29) is 30.1 Å². The minimum absolute atomic E-state index is 0. The van der Waals surface area contributed by atoms with Crippen LogP contribution in [-0.4, -0.2) is 41.8 Å². The second-order valence-electron chi connectivity index (χ2n) is 7.79. The summed E-state index contributed by atoms with van der Waals surface area (Å²) < 4.78 is 7.13. The van der Waals surface area contributed by atoms with Crippen molar-refractivity contribution in [1.29, 1.82) is 0 Å². The van der Waals surface area contributed by atoms with E-state index >= 15 is 0 Å². The average molecular weight is 470 g/mol. The van der Waals surface area contributed by atoms with Crippen LogP contribution < -0.4 is 20.7 Å². The topological polar surface area (TPSA) is 97.3 Å². The van der Waals surface area contributed by atoms with Gasteiger partial charge in [-0.15, -0.1) is 12.4 Å². The fourth-order valence-electron chi connectivity index (χ4n) is 3.99. The molecule has 2 heterocycles. The molecule has 0 unspecified atom stereocenters. The van der Waals surface area contributed by atoms with Gasteiger partial charge in [-0.1, -0.05) is 0 Å². The zero-order valence-electron chi connectivity index (χ0n) is 18.6. The van der Waals surface area contributed by atoms with E-state index in [0.717, 1.165) is 43.1 Å². The van der Waals surface area contributed by atoms with E-state index in [4.69, 9.17) is 4.74 Å². The first kappa shape index (κ1) is 24.3. The largest absolute Gasteiger partial charge is 0.497 e. The summed E-state index contributed by atoms with van der Waals surface area (Å²) in [4.78, 5) is 24.4. The Balaban J connectivity index is 0.00000306. The van der Waals surface area contributed by atoms with Crippen LogP contribution in [0, 0.1) is 0 Å². The van der Waals surface area contributed by atoms with Crippen molar-refractivity contribution >= 4 is 35.6 Å². The minimum Gasteiger partial charge on any atom is -0.497 e. The predicted octanol–water partition coefficient (Wildman–Crippen LogP) is 3.98. The van der Waals surface area contributed by atoms with Gasteiger partial charge >= 0.3 is 0 Å². The van der Waals surface area contributed by atoms with Gasteiger partial charge in [-0.05, 0) is 74.5 Å². The Bertz CT molecular complexity index is 1090. The molecule has 8 nitrogen and oxygen atoms in total. The Morgan fingerprint density at radius 1 is 1.00 bits per heavy atom. The van der Waals surface area contributed by atoms with E-state index in [1.807, 2.05) is 28.9 Å². The number of aromatic nitrogens is 2. The van der Waals surface area contributed by atoms with Crippen molar-refractivity contribution in [3.63, 3.8) is 0 Å². The molecule has 9 heteroatoms. The third-order valence-corrected chi connectivity index (χ3v) is 5.56. The summed E-state index contributed by atoms with van der Waals surface area (Å²) in [5, 5.41) is 13.6. The molecule has 1 fully saturated rings. The van der Waals surface area contributed by atoms with Crippen molar-refractivity contribution < 1.29 is 14.3 Å². The Kier molecular flexibility index (Phi) is 8.08. The van der Waals surface area contributed by atoms with Crippen LogP contribution in [0.5, 0.6) is 5.75 Å². The molecule has 2 aromatic carbocycles.